The molecule has 2 fully saturated rings. The highest BCUT2D eigenvalue weighted by Gasteiger charge is 2.52. The summed E-state index contributed by atoms with van der Waals surface area (Å²) in [6, 6.07) is 20.5. The Morgan fingerprint density at radius 1 is 1.07 bits per heavy atom. The molecule has 11 heteroatoms. The number of methoxy groups -OCH3 is 1. The third kappa shape index (κ3) is 6.97. The van der Waals surface area contributed by atoms with Gasteiger partial charge in [-0.2, -0.15) is 4.31 Å². The van der Waals surface area contributed by atoms with Gasteiger partial charge in [-0.05, 0) is 60.4 Å². The van der Waals surface area contributed by atoms with Gasteiger partial charge in [-0.1, -0.05) is 54.1 Å². The Morgan fingerprint density at radius 3 is 2.50 bits per heavy atom. The highest BCUT2D eigenvalue weighted by molar-refractivity contribution is 7.89. The summed E-state index contributed by atoms with van der Waals surface area (Å²) in [5.74, 6) is -0.636. The summed E-state index contributed by atoms with van der Waals surface area (Å²) in [6.07, 6.45) is 1.58. The van der Waals surface area contributed by atoms with Gasteiger partial charge in [-0.15, -0.1) is 0 Å². The summed E-state index contributed by atoms with van der Waals surface area (Å²) in [5.41, 5.74) is -0.336. The van der Waals surface area contributed by atoms with Crippen LogP contribution in [-0.4, -0.2) is 88.0 Å². The minimum Gasteiger partial charge on any atom is -0.465 e. The molecule has 0 bridgehead atoms. The largest absolute Gasteiger partial charge is 0.465 e. The first-order valence-corrected chi connectivity index (χ1v) is 16.0. The quantitative estimate of drug-likeness (QED) is 0.323. The van der Waals surface area contributed by atoms with E-state index in [-0.39, 0.29) is 24.7 Å². The molecule has 1 unspecified atom stereocenters. The number of fused-ring (bicyclic) bond motifs is 1. The van der Waals surface area contributed by atoms with Crippen molar-refractivity contribution in [1.82, 2.24) is 14.5 Å². The van der Waals surface area contributed by atoms with E-state index in [2.05, 4.69) is 22.3 Å². The molecule has 0 amide bonds. The van der Waals surface area contributed by atoms with Gasteiger partial charge in [0, 0.05) is 38.3 Å². The van der Waals surface area contributed by atoms with Gasteiger partial charge < -0.3 is 14.2 Å². The van der Waals surface area contributed by atoms with Gasteiger partial charge in [-0.3, -0.25) is 15.0 Å². The lowest BCUT2D eigenvalue weighted by atomic mass is 9.91. The van der Waals surface area contributed by atoms with Crippen molar-refractivity contribution < 1.29 is 27.4 Å². The first-order chi connectivity index (χ1) is 20.2. The van der Waals surface area contributed by atoms with Crippen LogP contribution in [-0.2, 0) is 35.6 Å². The molecule has 0 aliphatic carbocycles. The summed E-state index contributed by atoms with van der Waals surface area (Å²) >= 11 is 6.12. The molecular weight excluding hydrogens is 578 g/mol. The number of nitrogens with zero attached hydrogens (tertiary/aromatic N) is 2. The van der Waals surface area contributed by atoms with Crippen molar-refractivity contribution in [1.29, 1.82) is 0 Å². The standard InChI is InChI=1S/C31H38ClN3O6S/c1-3-40-29(36)20-35(42(37,38)28-12-10-25-17-27(32)11-9-26(25)18-28)22-31(23-39-2)33-21-30(41-31)13-15-34(16-14-30)19-24-7-5-4-6-8-24/h4-12,17-18,33H,3,13-16,19-23H2,1-2H3. The van der Waals surface area contributed by atoms with E-state index in [9.17, 15) is 13.2 Å². The van der Waals surface area contributed by atoms with E-state index in [4.69, 9.17) is 25.8 Å². The first-order valence-electron chi connectivity index (χ1n) is 14.2. The van der Waals surface area contributed by atoms with E-state index in [0.29, 0.717) is 11.6 Å². The van der Waals surface area contributed by atoms with E-state index >= 15 is 0 Å². The minimum atomic E-state index is -4.13. The normalized spacial score (nSPS) is 20.9. The van der Waals surface area contributed by atoms with Crippen molar-refractivity contribution in [2.24, 2.45) is 0 Å². The molecule has 2 saturated heterocycles. The maximum Gasteiger partial charge on any atom is 0.321 e. The van der Waals surface area contributed by atoms with Crippen molar-refractivity contribution in [3.63, 3.8) is 0 Å². The Bertz CT molecular complexity index is 1500. The molecule has 2 aliphatic heterocycles. The second-order valence-electron chi connectivity index (χ2n) is 11.1. The lowest BCUT2D eigenvalue weighted by Crippen LogP contribution is -2.56. The van der Waals surface area contributed by atoms with Gasteiger partial charge in [0.25, 0.3) is 0 Å². The van der Waals surface area contributed by atoms with E-state index < -0.39 is 33.9 Å². The number of benzene rings is 3. The lowest BCUT2D eigenvalue weighted by molar-refractivity contribution is -0.158. The number of rotatable bonds is 11. The van der Waals surface area contributed by atoms with E-state index in [1.54, 1.807) is 44.4 Å². The molecule has 0 aromatic heterocycles. The molecule has 226 valence electrons. The maximum atomic E-state index is 14.1. The zero-order chi connectivity index (χ0) is 29.8. The highest BCUT2D eigenvalue weighted by Crippen LogP contribution is 2.37. The molecular formula is C31H38ClN3O6S. The van der Waals surface area contributed by atoms with Crippen molar-refractivity contribution in [3.05, 3.63) is 77.3 Å². The molecule has 3 aromatic rings. The van der Waals surface area contributed by atoms with Crippen LogP contribution in [0.2, 0.25) is 5.02 Å². The van der Waals surface area contributed by atoms with Crippen LogP contribution >= 0.6 is 11.6 Å². The van der Waals surface area contributed by atoms with Crippen molar-refractivity contribution in [2.45, 2.75) is 42.5 Å². The maximum absolute atomic E-state index is 14.1. The minimum absolute atomic E-state index is 0.0659. The monoisotopic (exact) mass is 615 g/mol. The molecule has 5 rings (SSSR count). The van der Waals surface area contributed by atoms with Crippen LogP contribution in [0.5, 0.6) is 0 Å². The SMILES string of the molecule is CCOC(=O)CN(CC1(COC)NCC2(CCN(Cc3ccccc3)CC2)O1)S(=O)(=O)c1ccc2cc(Cl)ccc2c1. The molecule has 1 spiro atoms. The number of ether oxygens (including phenoxy) is 3. The van der Waals surface area contributed by atoms with Gasteiger partial charge in [-0.25, -0.2) is 8.42 Å². The lowest BCUT2D eigenvalue weighted by Gasteiger charge is -2.41. The van der Waals surface area contributed by atoms with E-state index in [1.165, 1.54) is 11.6 Å². The Balaban J connectivity index is 1.37. The summed E-state index contributed by atoms with van der Waals surface area (Å²) in [7, 11) is -2.58. The Morgan fingerprint density at radius 2 is 1.79 bits per heavy atom. The molecule has 9 nitrogen and oxygen atoms in total. The van der Waals surface area contributed by atoms with Crippen LogP contribution in [0.3, 0.4) is 0 Å². The smallest absolute Gasteiger partial charge is 0.321 e. The number of sulfonamides is 1. The summed E-state index contributed by atoms with van der Waals surface area (Å²) in [4.78, 5) is 15.1. The van der Waals surface area contributed by atoms with Crippen molar-refractivity contribution >= 4 is 38.4 Å². The van der Waals surface area contributed by atoms with Crippen LogP contribution in [0.4, 0.5) is 0 Å². The van der Waals surface area contributed by atoms with Gasteiger partial charge in [0.1, 0.15) is 6.54 Å². The summed E-state index contributed by atoms with van der Waals surface area (Å²) in [5, 5.41) is 5.55. The van der Waals surface area contributed by atoms with Crippen LogP contribution in [0.25, 0.3) is 10.8 Å². The number of hydrogen-bond acceptors (Lipinski definition) is 8. The molecule has 2 aliphatic rings. The van der Waals surface area contributed by atoms with Crippen LogP contribution in [0.15, 0.2) is 71.6 Å². The summed E-state index contributed by atoms with van der Waals surface area (Å²) in [6.45, 7) is 4.48. The third-order valence-corrected chi connectivity index (χ3v) is 10.0. The van der Waals surface area contributed by atoms with E-state index in [1.807, 2.05) is 18.2 Å². The third-order valence-electron chi connectivity index (χ3n) is 7.99. The highest BCUT2D eigenvalue weighted by atomic mass is 35.5. The number of esters is 1. The summed E-state index contributed by atoms with van der Waals surface area (Å²) < 4.78 is 46.7. The molecule has 0 radical (unpaired) electrons. The second-order valence-corrected chi connectivity index (χ2v) is 13.4. The molecule has 42 heavy (non-hydrogen) atoms. The zero-order valence-corrected chi connectivity index (χ0v) is 25.6. The molecule has 1 N–H and O–H groups in total. The number of carbonyl (C=O) groups excluding carboxylic acids is 1. The van der Waals surface area contributed by atoms with Crippen molar-refractivity contribution in [3.8, 4) is 0 Å². The first kappa shape index (κ1) is 30.9. The predicted molar refractivity (Wildman–Crippen MR) is 162 cm³/mol. The topological polar surface area (TPSA) is 97.4 Å². The molecule has 1 atom stereocenters. The van der Waals surface area contributed by atoms with Gasteiger partial charge >= 0.3 is 5.97 Å². The fourth-order valence-corrected chi connectivity index (χ4v) is 7.51. The average molecular weight is 616 g/mol. The fourth-order valence-electron chi connectivity index (χ4n) is 5.86. The van der Waals surface area contributed by atoms with Crippen LogP contribution < -0.4 is 5.32 Å². The number of hydrogen-bond donors (Lipinski definition) is 1. The van der Waals surface area contributed by atoms with Crippen LogP contribution in [0.1, 0.15) is 25.3 Å². The number of nitrogens with one attached hydrogen (secondary N) is 1. The molecule has 2 heterocycles. The Labute approximate surface area is 252 Å². The van der Waals surface area contributed by atoms with Crippen LogP contribution in [0, 0.1) is 0 Å². The van der Waals surface area contributed by atoms with Gasteiger partial charge in [0.2, 0.25) is 10.0 Å². The van der Waals surface area contributed by atoms with Crippen molar-refractivity contribution in [2.75, 3.05) is 53.0 Å². The molecule has 3 aromatic carbocycles. The Hall–Kier alpha value is -2.57. The van der Waals surface area contributed by atoms with Gasteiger partial charge in [0.15, 0.2) is 5.72 Å². The fraction of sp³-hybridized carbons (Fsp3) is 0.452. The Kier molecular flexibility index (Phi) is 9.53. The number of likely N-dealkylation sites (tertiary alicyclic amines) is 1. The predicted octanol–water partition coefficient (Wildman–Crippen LogP) is 4.04. The van der Waals surface area contributed by atoms with E-state index in [0.717, 1.165) is 47.6 Å². The second kappa shape index (κ2) is 13.0. The number of carbonyl (C=O) groups is 1. The number of halogens is 1. The molecule has 0 saturated carbocycles. The zero-order valence-electron chi connectivity index (χ0n) is 24.1. The van der Waals surface area contributed by atoms with Gasteiger partial charge in [0.05, 0.1) is 30.3 Å². The number of piperidine rings is 1. The average Bonchev–Trinajstić information content (AvgIpc) is 3.32.